The summed E-state index contributed by atoms with van der Waals surface area (Å²) >= 11 is 0. The third-order valence-electron chi connectivity index (χ3n) is 12.2. The fourth-order valence-corrected chi connectivity index (χ4v) is 9.42. The van der Waals surface area contributed by atoms with Crippen LogP contribution < -0.4 is 0 Å². The van der Waals surface area contributed by atoms with Crippen LogP contribution in [0, 0.1) is 11.3 Å². The van der Waals surface area contributed by atoms with Crippen LogP contribution in [0.5, 0.6) is 0 Å². The fourth-order valence-electron chi connectivity index (χ4n) is 9.42. The molecule has 7 aromatic carbocycles. The number of furan rings is 1. The van der Waals surface area contributed by atoms with Crippen LogP contribution in [0.3, 0.4) is 0 Å². The molecule has 2 heterocycles. The maximum atomic E-state index is 9.84. The zero-order chi connectivity index (χ0) is 37.9. The van der Waals surface area contributed by atoms with Crippen molar-refractivity contribution in [2.75, 3.05) is 0 Å². The monoisotopic (exact) mass is 732 g/mol. The summed E-state index contributed by atoms with van der Waals surface area (Å²) in [7, 11) is 0. The summed E-state index contributed by atoms with van der Waals surface area (Å²) in [6.07, 6.45) is 5.90. The Labute approximate surface area is 331 Å². The molecular formula is C52H36N4O. The molecule has 2 aliphatic rings. The van der Waals surface area contributed by atoms with Crippen molar-refractivity contribution >= 4 is 21.9 Å². The first-order valence-electron chi connectivity index (χ1n) is 19.8. The van der Waals surface area contributed by atoms with Gasteiger partial charge in [-0.3, -0.25) is 0 Å². The van der Waals surface area contributed by atoms with E-state index < -0.39 is 0 Å². The van der Waals surface area contributed by atoms with Crippen molar-refractivity contribution < 1.29 is 4.42 Å². The second-order valence-electron chi connectivity index (χ2n) is 15.4. The lowest BCUT2D eigenvalue weighted by molar-refractivity contribution is 0.353. The van der Waals surface area contributed by atoms with Gasteiger partial charge < -0.3 is 4.42 Å². The van der Waals surface area contributed by atoms with E-state index in [1.165, 1.54) is 47.1 Å². The highest BCUT2D eigenvalue weighted by atomic mass is 16.3. The van der Waals surface area contributed by atoms with Crippen LogP contribution in [-0.2, 0) is 5.41 Å². The molecule has 0 aliphatic heterocycles. The smallest absolute Gasteiger partial charge is 0.164 e. The van der Waals surface area contributed by atoms with E-state index >= 15 is 0 Å². The topological polar surface area (TPSA) is 75.6 Å². The van der Waals surface area contributed by atoms with E-state index in [1.807, 2.05) is 36.4 Å². The number of hydrogen-bond acceptors (Lipinski definition) is 5. The zero-order valence-electron chi connectivity index (χ0n) is 31.2. The van der Waals surface area contributed by atoms with Gasteiger partial charge in [-0.1, -0.05) is 147 Å². The molecule has 5 heteroatoms. The van der Waals surface area contributed by atoms with Crippen molar-refractivity contribution in [1.29, 1.82) is 5.26 Å². The number of benzene rings is 7. The summed E-state index contributed by atoms with van der Waals surface area (Å²) in [5.41, 5.74) is 15.0. The van der Waals surface area contributed by atoms with E-state index in [4.69, 9.17) is 19.4 Å². The van der Waals surface area contributed by atoms with Crippen LogP contribution in [0.25, 0.3) is 89.5 Å². The molecule has 57 heavy (non-hydrogen) atoms. The number of rotatable bonds is 5. The first-order valence-corrected chi connectivity index (χ1v) is 19.8. The Morgan fingerprint density at radius 3 is 1.81 bits per heavy atom. The SMILES string of the molecule is N#Cc1ccc2c(c1)C1(CCCCC1)c1cccc(-c3ccc(-c4nc(-c5ccc(-c6ccccc6)cc5)nc(-c5ccc6c(c5)oc5ccccc56)n4)cc3)c1-2. The molecule has 1 spiro atoms. The average Bonchev–Trinajstić information content (AvgIpc) is 3.79. The molecule has 1 saturated carbocycles. The molecule has 0 saturated heterocycles. The Kier molecular flexibility index (Phi) is 7.72. The number of hydrogen-bond donors (Lipinski definition) is 0. The van der Waals surface area contributed by atoms with Crippen molar-refractivity contribution in [3.8, 4) is 73.6 Å². The van der Waals surface area contributed by atoms with E-state index in [0.29, 0.717) is 17.5 Å². The highest BCUT2D eigenvalue weighted by molar-refractivity contribution is 6.05. The van der Waals surface area contributed by atoms with E-state index in [-0.39, 0.29) is 5.41 Å². The van der Waals surface area contributed by atoms with Crippen LogP contribution in [0.2, 0.25) is 0 Å². The second-order valence-corrected chi connectivity index (χ2v) is 15.4. The van der Waals surface area contributed by atoms with Crippen molar-refractivity contribution in [3.05, 3.63) is 174 Å². The molecule has 0 amide bonds. The minimum Gasteiger partial charge on any atom is -0.456 e. The van der Waals surface area contributed by atoms with Gasteiger partial charge in [-0.2, -0.15) is 5.26 Å². The van der Waals surface area contributed by atoms with Crippen molar-refractivity contribution in [3.63, 3.8) is 0 Å². The first-order chi connectivity index (χ1) is 28.1. The van der Waals surface area contributed by atoms with E-state index in [1.54, 1.807) is 0 Å². The van der Waals surface area contributed by atoms with E-state index in [0.717, 1.165) is 73.7 Å². The highest BCUT2D eigenvalue weighted by Crippen LogP contribution is 2.58. The maximum Gasteiger partial charge on any atom is 0.164 e. The summed E-state index contributed by atoms with van der Waals surface area (Å²) in [4.78, 5) is 15.2. The standard InChI is InChI=1S/C52H36N4O/c53-32-33-16-26-43-45(30-33)52(28-7-2-8-29-52)44-14-9-13-40(48(43)44)36-19-23-38(24-20-36)50-54-49(37-21-17-35(18-22-37)34-10-3-1-4-11-34)55-51(56-50)39-25-27-42-41-12-5-6-15-46(41)57-47(42)31-39/h1,3-6,9-27,30-31H,2,7-8,28-29H2. The third-order valence-corrected chi connectivity index (χ3v) is 12.2. The molecular weight excluding hydrogens is 697 g/mol. The third kappa shape index (κ3) is 5.48. The fraction of sp³-hybridized carbons (Fsp3) is 0.115. The predicted molar refractivity (Wildman–Crippen MR) is 228 cm³/mol. The van der Waals surface area contributed by atoms with Crippen molar-refractivity contribution in [2.45, 2.75) is 37.5 Å². The summed E-state index contributed by atoms with van der Waals surface area (Å²) in [5.74, 6) is 1.79. The molecule has 0 radical (unpaired) electrons. The van der Waals surface area contributed by atoms with Crippen LogP contribution in [0.1, 0.15) is 48.8 Å². The summed E-state index contributed by atoms with van der Waals surface area (Å²) in [6, 6.07) is 57.2. The van der Waals surface area contributed by atoms with Gasteiger partial charge in [0.05, 0.1) is 11.6 Å². The van der Waals surface area contributed by atoms with Crippen LogP contribution in [-0.4, -0.2) is 15.0 Å². The lowest BCUT2D eigenvalue weighted by atomic mass is 9.67. The van der Waals surface area contributed by atoms with Gasteiger partial charge in [-0.05, 0) is 87.7 Å². The Balaban J connectivity index is 1.02. The molecule has 2 aliphatic carbocycles. The summed E-state index contributed by atoms with van der Waals surface area (Å²) in [5, 5.41) is 12.0. The molecule has 0 N–H and O–H groups in total. The second kappa shape index (κ2) is 13.3. The lowest BCUT2D eigenvalue weighted by Gasteiger charge is -2.36. The molecule has 0 atom stereocenters. The molecule has 2 aromatic heterocycles. The summed E-state index contributed by atoms with van der Waals surface area (Å²) in [6.45, 7) is 0. The van der Waals surface area contributed by atoms with Gasteiger partial charge in [0.15, 0.2) is 17.5 Å². The molecule has 270 valence electrons. The lowest BCUT2D eigenvalue weighted by Crippen LogP contribution is -2.28. The number of para-hydroxylation sites is 1. The van der Waals surface area contributed by atoms with Gasteiger partial charge in [0, 0.05) is 32.9 Å². The van der Waals surface area contributed by atoms with Gasteiger partial charge in [0.1, 0.15) is 11.2 Å². The van der Waals surface area contributed by atoms with E-state index in [9.17, 15) is 5.26 Å². The molecule has 0 bridgehead atoms. The van der Waals surface area contributed by atoms with Gasteiger partial charge in [-0.25, -0.2) is 15.0 Å². The zero-order valence-corrected chi connectivity index (χ0v) is 31.2. The Hall–Kier alpha value is -7.16. The quantitative estimate of drug-likeness (QED) is 0.176. The maximum absolute atomic E-state index is 9.84. The molecule has 0 unspecified atom stereocenters. The summed E-state index contributed by atoms with van der Waals surface area (Å²) < 4.78 is 6.27. The van der Waals surface area contributed by atoms with Gasteiger partial charge >= 0.3 is 0 Å². The van der Waals surface area contributed by atoms with Crippen molar-refractivity contribution in [1.82, 2.24) is 15.0 Å². The predicted octanol–water partition coefficient (Wildman–Crippen LogP) is 13.2. The minimum absolute atomic E-state index is 0.0336. The van der Waals surface area contributed by atoms with Crippen LogP contribution >= 0.6 is 0 Å². The number of nitriles is 1. The number of nitrogens with zero attached hydrogens (tertiary/aromatic N) is 4. The van der Waals surface area contributed by atoms with Gasteiger partial charge in [0.2, 0.25) is 0 Å². The molecule has 1 fully saturated rings. The van der Waals surface area contributed by atoms with Crippen LogP contribution in [0.4, 0.5) is 0 Å². The largest absolute Gasteiger partial charge is 0.456 e. The first kappa shape index (κ1) is 33.2. The minimum atomic E-state index is -0.0336. The van der Waals surface area contributed by atoms with Crippen LogP contribution in [0.15, 0.2) is 162 Å². The number of fused-ring (bicyclic) bond motifs is 8. The molecule has 9 aromatic rings. The Morgan fingerprint density at radius 2 is 1.07 bits per heavy atom. The van der Waals surface area contributed by atoms with Gasteiger partial charge in [0.25, 0.3) is 0 Å². The Morgan fingerprint density at radius 1 is 0.456 bits per heavy atom. The molecule has 5 nitrogen and oxygen atoms in total. The van der Waals surface area contributed by atoms with Crippen molar-refractivity contribution in [2.24, 2.45) is 0 Å². The Bertz CT molecular complexity index is 3040. The molecule has 11 rings (SSSR count). The highest BCUT2D eigenvalue weighted by Gasteiger charge is 2.44. The number of aromatic nitrogens is 3. The van der Waals surface area contributed by atoms with Gasteiger partial charge in [-0.15, -0.1) is 0 Å². The average molecular weight is 733 g/mol. The van der Waals surface area contributed by atoms with E-state index in [2.05, 4.69) is 127 Å². The normalized spacial score (nSPS) is 14.1.